The van der Waals surface area contributed by atoms with Gasteiger partial charge in [0.2, 0.25) is 5.91 Å². The highest BCUT2D eigenvalue weighted by Crippen LogP contribution is 2.36. The summed E-state index contributed by atoms with van der Waals surface area (Å²) in [5.41, 5.74) is 2.70. The fourth-order valence-electron chi connectivity index (χ4n) is 5.54. The number of ether oxygens (including phenoxy) is 1. The molecular weight excluding hydrogens is 488 g/mol. The average molecular weight is 516 g/mol. The summed E-state index contributed by atoms with van der Waals surface area (Å²) in [6.07, 6.45) is -2.64. The van der Waals surface area contributed by atoms with Gasteiger partial charge < -0.3 is 14.1 Å². The van der Waals surface area contributed by atoms with E-state index in [2.05, 4.69) is 9.88 Å². The summed E-state index contributed by atoms with van der Waals surface area (Å²) in [5.74, 6) is -0.526. The van der Waals surface area contributed by atoms with E-state index >= 15 is 0 Å². The Morgan fingerprint density at radius 2 is 2.05 bits per heavy atom. The van der Waals surface area contributed by atoms with Crippen LogP contribution >= 0.6 is 0 Å². The molecule has 2 aliphatic rings. The molecule has 0 saturated carbocycles. The lowest BCUT2D eigenvalue weighted by Crippen LogP contribution is -2.49. The van der Waals surface area contributed by atoms with Crippen LogP contribution < -0.4 is 11.2 Å². The summed E-state index contributed by atoms with van der Waals surface area (Å²) >= 11 is 0. The van der Waals surface area contributed by atoms with Gasteiger partial charge in [0.1, 0.15) is 7.85 Å². The molecule has 8 nitrogen and oxygen atoms in total. The third-order valence-electron chi connectivity index (χ3n) is 7.61. The molecule has 0 aliphatic carbocycles. The number of carbonyl (C=O) groups excluding carboxylic acids is 1. The van der Waals surface area contributed by atoms with E-state index in [1.54, 1.807) is 19.1 Å². The first-order chi connectivity index (χ1) is 17.5. The molecule has 2 aliphatic heterocycles. The first kappa shape index (κ1) is 25.5. The molecule has 1 atom stereocenters. The quantitative estimate of drug-likeness (QED) is 0.475. The van der Waals surface area contributed by atoms with Crippen molar-refractivity contribution in [1.29, 1.82) is 0 Å². The van der Waals surface area contributed by atoms with E-state index in [0.717, 1.165) is 23.3 Å². The lowest BCUT2D eigenvalue weighted by atomic mass is 9.85. The molecule has 1 amide bonds. The fraction of sp³-hybridized carbons (Fsp3) is 0.480. The van der Waals surface area contributed by atoms with Crippen molar-refractivity contribution in [3.63, 3.8) is 0 Å². The van der Waals surface area contributed by atoms with Gasteiger partial charge >= 0.3 is 11.9 Å². The Bertz CT molecular complexity index is 1420. The molecule has 3 aromatic rings. The van der Waals surface area contributed by atoms with Crippen LogP contribution in [0.3, 0.4) is 0 Å². The maximum atomic E-state index is 13.8. The number of aryl methyl sites for hydroxylation is 1. The summed E-state index contributed by atoms with van der Waals surface area (Å²) in [4.78, 5) is 33.6. The molecule has 0 N–H and O–H groups in total. The number of benzene rings is 1. The Hall–Kier alpha value is -3.12. The minimum absolute atomic E-state index is 0.0981. The number of oxazole rings is 1. The Labute approximate surface area is 212 Å². The number of carbonyl (C=O) groups is 1. The van der Waals surface area contributed by atoms with E-state index in [1.807, 2.05) is 20.0 Å². The molecule has 37 heavy (non-hydrogen) atoms. The van der Waals surface area contributed by atoms with Crippen molar-refractivity contribution in [3.05, 3.63) is 57.3 Å². The molecule has 1 unspecified atom stereocenters. The maximum Gasteiger partial charge on any atom is 0.419 e. The van der Waals surface area contributed by atoms with Gasteiger partial charge in [0.25, 0.3) is 0 Å². The summed E-state index contributed by atoms with van der Waals surface area (Å²) in [6.45, 7) is 2.44. The highest BCUT2D eigenvalue weighted by Gasteiger charge is 2.47. The van der Waals surface area contributed by atoms with Crippen LogP contribution in [0.15, 0.2) is 33.6 Å². The molecule has 12 heteroatoms. The lowest BCUT2D eigenvalue weighted by molar-refractivity contribution is -0.145. The average Bonchev–Trinajstić information content (AvgIpc) is 3.38. The van der Waals surface area contributed by atoms with Crippen molar-refractivity contribution in [2.45, 2.75) is 32.1 Å². The summed E-state index contributed by atoms with van der Waals surface area (Å²) in [5, 5.41) is 0. The van der Waals surface area contributed by atoms with Gasteiger partial charge in [-0.25, -0.2) is 4.79 Å². The van der Waals surface area contributed by atoms with Crippen LogP contribution in [0.4, 0.5) is 13.2 Å². The number of likely N-dealkylation sites (tertiary alicyclic amines) is 1. The van der Waals surface area contributed by atoms with Crippen molar-refractivity contribution >= 4 is 30.3 Å². The smallest absolute Gasteiger partial charge is 0.408 e. The number of pyridine rings is 1. The largest absolute Gasteiger partial charge is 0.419 e. The van der Waals surface area contributed by atoms with Crippen LogP contribution in [0.2, 0.25) is 0 Å². The third-order valence-corrected chi connectivity index (χ3v) is 7.61. The molecular formula is C25H28BF3N4O4. The number of alkyl halides is 3. The number of rotatable bonds is 5. The van der Waals surface area contributed by atoms with Crippen LogP contribution in [0, 0.1) is 5.41 Å². The number of halogens is 3. The van der Waals surface area contributed by atoms with Crippen LogP contribution in [0.25, 0.3) is 11.1 Å². The van der Waals surface area contributed by atoms with Gasteiger partial charge in [0.05, 0.1) is 23.1 Å². The van der Waals surface area contributed by atoms with Crippen molar-refractivity contribution < 1.29 is 27.1 Å². The van der Waals surface area contributed by atoms with Gasteiger partial charge in [-0.3, -0.25) is 19.2 Å². The SMILES string of the molecule is Bc1cc2oc(=O)n(C)c2cc1CN1CCC(COC)(C(=O)N2CCc3ncc(C(F)(F)F)cc3C2)C1. The Kier molecular flexibility index (Phi) is 6.43. The Morgan fingerprint density at radius 1 is 1.27 bits per heavy atom. The zero-order chi connectivity index (χ0) is 26.5. The summed E-state index contributed by atoms with van der Waals surface area (Å²) in [7, 11) is 5.18. The second-order valence-electron chi connectivity index (χ2n) is 10.2. The molecule has 1 fully saturated rings. The fourth-order valence-corrected chi connectivity index (χ4v) is 5.54. The third kappa shape index (κ3) is 4.68. The van der Waals surface area contributed by atoms with Crippen molar-refractivity contribution in [1.82, 2.24) is 19.4 Å². The van der Waals surface area contributed by atoms with Crippen molar-refractivity contribution in [2.24, 2.45) is 12.5 Å². The van der Waals surface area contributed by atoms with E-state index < -0.39 is 22.9 Å². The summed E-state index contributed by atoms with van der Waals surface area (Å²) in [6, 6.07) is 4.90. The number of methoxy groups -OCH3 is 1. The number of amides is 1. The predicted molar refractivity (Wildman–Crippen MR) is 132 cm³/mol. The monoisotopic (exact) mass is 516 g/mol. The normalized spacial score (nSPS) is 20.5. The van der Waals surface area contributed by atoms with E-state index in [0.29, 0.717) is 61.4 Å². The highest BCUT2D eigenvalue weighted by molar-refractivity contribution is 6.34. The van der Waals surface area contributed by atoms with Gasteiger partial charge in [-0.1, -0.05) is 5.46 Å². The van der Waals surface area contributed by atoms with Crippen LogP contribution in [-0.2, 0) is 42.3 Å². The van der Waals surface area contributed by atoms with Gasteiger partial charge in [-0.2, -0.15) is 13.2 Å². The highest BCUT2D eigenvalue weighted by atomic mass is 19.4. The van der Waals surface area contributed by atoms with Crippen LogP contribution in [-0.4, -0.2) is 66.5 Å². The molecule has 0 spiro atoms. The number of hydrogen-bond acceptors (Lipinski definition) is 6. The van der Waals surface area contributed by atoms with E-state index in [-0.39, 0.29) is 19.1 Å². The molecule has 196 valence electrons. The standard InChI is InChI=1S/C25H28BF3N4O4/c1-31-20-8-15(18(26)9-21(20)37-23(31)35)11-32-6-4-24(13-32,14-36-2)22(34)33-5-3-19-16(12-33)7-17(10-30-19)25(27,28)29/h7-10H,3-6,11-14,26H2,1-2H3. The molecule has 1 aromatic carbocycles. The predicted octanol–water partition coefficient (Wildman–Crippen LogP) is 1.23. The van der Waals surface area contributed by atoms with Gasteiger partial charge in [0.15, 0.2) is 5.58 Å². The molecule has 5 rings (SSSR count). The second-order valence-corrected chi connectivity index (χ2v) is 10.2. The van der Waals surface area contributed by atoms with E-state index in [4.69, 9.17) is 9.15 Å². The zero-order valence-corrected chi connectivity index (χ0v) is 21.0. The molecule has 0 radical (unpaired) electrons. The number of hydrogen-bond donors (Lipinski definition) is 0. The first-order valence-corrected chi connectivity index (χ1v) is 12.2. The van der Waals surface area contributed by atoms with Gasteiger partial charge in [-0.05, 0) is 42.3 Å². The molecule has 4 heterocycles. The minimum atomic E-state index is -4.48. The van der Waals surface area contributed by atoms with Gasteiger partial charge in [0, 0.05) is 58.6 Å². The molecule has 1 saturated heterocycles. The van der Waals surface area contributed by atoms with E-state index in [1.165, 1.54) is 4.57 Å². The number of fused-ring (bicyclic) bond motifs is 2. The zero-order valence-electron chi connectivity index (χ0n) is 21.0. The molecule has 2 aromatic heterocycles. The lowest BCUT2D eigenvalue weighted by Gasteiger charge is -2.36. The molecule has 0 bridgehead atoms. The Morgan fingerprint density at radius 3 is 2.78 bits per heavy atom. The second kappa shape index (κ2) is 9.32. The first-order valence-electron chi connectivity index (χ1n) is 12.2. The van der Waals surface area contributed by atoms with E-state index in [9.17, 15) is 22.8 Å². The topological polar surface area (TPSA) is 80.8 Å². The van der Waals surface area contributed by atoms with Crippen molar-refractivity contribution in [3.8, 4) is 0 Å². The summed E-state index contributed by atoms with van der Waals surface area (Å²) < 4.78 is 51.9. The minimum Gasteiger partial charge on any atom is -0.408 e. The van der Waals surface area contributed by atoms with Crippen molar-refractivity contribution in [2.75, 3.05) is 33.4 Å². The van der Waals surface area contributed by atoms with Gasteiger partial charge in [-0.15, -0.1) is 0 Å². The van der Waals surface area contributed by atoms with Crippen LogP contribution in [0.1, 0.15) is 28.8 Å². The Balaban J connectivity index is 1.35. The number of aromatic nitrogens is 2. The maximum absolute atomic E-state index is 13.8. The number of nitrogens with zero attached hydrogens (tertiary/aromatic N) is 4. The van der Waals surface area contributed by atoms with Crippen LogP contribution in [0.5, 0.6) is 0 Å².